The van der Waals surface area contributed by atoms with Gasteiger partial charge in [-0.1, -0.05) is 11.8 Å². The Morgan fingerprint density at radius 2 is 1.85 bits per heavy atom. The van der Waals surface area contributed by atoms with Gasteiger partial charge in [0, 0.05) is 47.2 Å². The van der Waals surface area contributed by atoms with Gasteiger partial charge in [0.15, 0.2) is 6.19 Å². The van der Waals surface area contributed by atoms with Crippen LogP contribution in [0.1, 0.15) is 35.7 Å². The number of pyridine rings is 2. The lowest BCUT2D eigenvalue weighted by Gasteiger charge is -2.29. The van der Waals surface area contributed by atoms with E-state index in [4.69, 9.17) is 5.26 Å². The summed E-state index contributed by atoms with van der Waals surface area (Å²) in [6, 6.07) is 10.1. The van der Waals surface area contributed by atoms with Crippen LogP contribution in [-0.4, -0.2) is 42.4 Å². The van der Waals surface area contributed by atoms with Crippen molar-refractivity contribution in [3.63, 3.8) is 0 Å². The molecule has 1 aliphatic rings. The standard InChI is InChI=1S/C24H19N9S/c1-16-21(13-30-33(16)20-4-7-31(15-27)8-5-20)18-9-22(23-19(11-26)12-29-32(23)14-18)34-24-17(10-25)3-2-6-28-24/h2-3,6,9,12-14,20H,4-5,7-8H2,1H3. The van der Waals surface area contributed by atoms with Crippen LogP contribution in [0.4, 0.5) is 0 Å². The van der Waals surface area contributed by atoms with Gasteiger partial charge in [-0.2, -0.15) is 26.0 Å². The van der Waals surface area contributed by atoms with Crippen molar-refractivity contribution in [2.45, 2.75) is 35.7 Å². The van der Waals surface area contributed by atoms with Crippen LogP contribution < -0.4 is 0 Å². The Kier molecular flexibility index (Phi) is 5.63. The fourth-order valence-electron chi connectivity index (χ4n) is 4.34. The van der Waals surface area contributed by atoms with Gasteiger partial charge in [0.05, 0.1) is 35.1 Å². The van der Waals surface area contributed by atoms with E-state index in [0.717, 1.165) is 47.6 Å². The van der Waals surface area contributed by atoms with Gasteiger partial charge in [-0.15, -0.1) is 0 Å². The second-order valence-corrected chi connectivity index (χ2v) is 9.06. The summed E-state index contributed by atoms with van der Waals surface area (Å²) < 4.78 is 3.75. The van der Waals surface area contributed by atoms with E-state index in [9.17, 15) is 10.5 Å². The molecule has 0 bridgehead atoms. The summed E-state index contributed by atoms with van der Waals surface area (Å²) in [5.41, 5.74) is 4.54. The quantitative estimate of drug-likeness (QED) is 0.416. The molecule has 0 aliphatic carbocycles. The van der Waals surface area contributed by atoms with E-state index in [1.807, 2.05) is 25.4 Å². The number of piperidine rings is 1. The van der Waals surface area contributed by atoms with Crippen molar-refractivity contribution in [1.29, 1.82) is 15.8 Å². The zero-order chi connectivity index (χ0) is 23.7. The summed E-state index contributed by atoms with van der Waals surface area (Å²) in [6.45, 7) is 3.52. The number of nitriles is 3. The molecule has 0 atom stereocenters. The van der Waals surface area contributed by atoms with Crippen LogP contribution in [0.3, 0.4) is 0 Å². The van der Waals surface area contributed by atoms with Crippen molar-refractivity contribution < 1.29 is 0 Å². The van der Waals surface area contributed by atoms with Crippen LogP contribution in [0.5, 0.6) is 0 Å². The molecule has 34 heavy (non-hydrogen) atoms. The zero-order valence-corrected chi connectivity index (χ0v) is 19.2. The van der Waals surface area contributed by atoms with Crippen molar-refractivity contribution in [1.82, 2.24) is 29.3 Å². The highest BCUT2D eigenvalue weighted by molar-refractivity contribution is 7.99. The van der Waals surface area contributed by atoms with Gasteiger partial charge < -0.3 is 4.90 Å². The third-order valence-corrected chi connectivity index (χ3v) is 7.15. The number of nitrogens with zero attached hydrogens (tertiary/aromatic N) is 9. The number of hydrogen-bond donors (Lipinski definition) is 0. The largest absolute Gasteiger partial charge is 0.310 e. The molecule has 1 fully saturated rings. The maximum absolute atomic E-state index is 9.61. The summed E-state index contributed by atoms with van der Waals surface area (Å²) in [4.78, 5) is 6.95. The van der Waals surface area contributed by atoms with E-state index in [1.54, 1.807) is 33.9 Å². The van der Waals surface area contributed by atoms with E-state index >= 15 is 0 Å². The Morgan fingerprint density at radius 1 is 1.06 bits per heavy atom. The van der Waals surface area contributed by atoms with Crippen molar-refractivity contribution in [2.24, 2.45) is 0 Å². The Bertz CT molecular complexity index is 1500. The second-order valence-electron chi connectivity index (χ2n) is 8.03. The Labute approximate surface area is 200 Å². The molecule has 0 radical (unpaired) electrons. The van der Waals surface area contributed by atoms with E-state index < -0.39 is 0 Å². The molecule has 5 heterocycles. The molecule has 1 aliphatic heterocycles. The van der Waals surface area contributed by atoms with Crippen LogP contribution in [0.2, 0.25) is 0 Å². The number of rotatable bonds is 4. The first kappa shape index (κ1) is 21.5. The average molecular weight is 466 g/mol. The smallest absolute Gasteiger partial charge is 0.179 e. The van der Waals surface area contributed by atoms with Crippen molar-refractivity contribution >= 4 is 17.3 Å². The molecule has 0 aromatic carbocycles. The molecule has 166 valence electrons. The van der Waals surface area contributed by atoms with Gasteiger partial charge >= 0.3 is 0 Å². The molecule has 0 saturated carbocycles. The van der Waals surface area contributed by atoms with Crippen molar-refractivity contribution in [3.05, 3.63) is 59.8 Å². The van der Waals surface area contributed by atoms with Crippen LogP contribution in [0.25, 0.3) is 16.6 Å². The molecule has 4 aromatic heterocycles. The van der Waals surface area contributed by atoms with Gasteiger partial charge in [-0.05, 0) is 38.0 Å². The third kappa shape index (κ3) is 3.73. The SMILES string of the molecule is Cc1c(-c2cc(Sc3ncccc3C#N)c3c(C#N)cnn3c2)cnn1C1CCN(C#N)CC1. The van der Waals surface area contributed by atoms with E-state index in [0.29, 0.717) is 21.7 Å². The lowest BCUT2D eigenvalue weighted by molar-refractivity contribution is 0.239. The summed E-state index contributed by atoms with van der Waals surface area (Å²) in [5, 5.41) is 37.9. The third-order valence-electron chi connectivity index (χ3n) is 6.10. The maximum atomic E-state index is 9.61. The topological polar surface area (TPSA) is 123 Å². The average Bonchev–Trinajstić information content (AvgIpc) is 3.47. The minimum atomic E-state index is 0.248. The Hall–Kier alpha value is -4.33. The molecule has 4 aromatic rings. The van der Waals surface area contributed by atoms with Crippen LogP contribution in [0.15, 0.2) is 52.9 Å². The fourth-order valence-corrected chi connectivity index (χ4v) is 5.37. The number of hydrogen-bond acceptors (Lipinski definition) is 8. The minimum Gasteiger partial charge on any atom is -0.310 e. The molecule has 10 heteroatoms. The Morgan fingerprint density at radius 3 is 2.59 bits per heavy atom. The van der Waals surface area contributed by atoms with Crippen LogP contribution >= 0.6 is 11.8 Å². The molecule has 5 rings (SSSR count). The number of fused-ring (bicyclic) bond motifs is 1. The highest BCUT2D eigenvalue weighted by Gasteiger charge is 2.23. The zero-order valence-electron chi connectivity index (χ0n) is 18.4. The first-order chi connectivity index (χ1) is 16.6. The highest BCUT2D eigenvalue weighted by atomic mass is 32.2. The normalized spacial score (nSPS) is 14.0. The molecule has 0 unspecified atom stereocenters. The summed E-state index contributed by atoms with van der Waals surface area (Å²) >= 11 is 1.35. The molecule has 0 N–H and O–H groups in total. The molecule has 0 amide bonds. The highest BCUT2D eigenvalue weighted by Crippen LogP contribution is 2.37. The van der Waals surface area contributed by atoms with Gasteiger partial charge in [-0.3, -0.25) is 4.68 Å². The van der Waals surface area contributed by atoms with Crippen molar-refractivity contribution in [3.8, 4) is 29.5 Å². The van der Waals surface area contributed by atoms with Gasteiger partial charge in [0.1, 0.15) is 17.2 Å². The van der Waals surface area contributed by atoms with E-state index in [1.165, 1.54) is 11.8 Å². The molecule has 0 spiro atoms. The van der Waals surface area contributed by atoms with Crippen LogP contribution in [-0.2, 0) is 0 Å². The second kappa shape index (κ2) is 8.90. The monoisotopic (exact) mass is 465 g/mol. The molecule has 1 saturated heterocycles. The van der Waals surface area contributed by atoms with Crippen LogP contribution in [0, 0.1) is 41.0 Å². The first-order valence-electron chi connectivity index (χ1n) is 10.8. The van der Waals surface area contributed by atoms with E-state index in [2.05, 4.69) is 38.2 Å². The summed E-state index contributed by atoms with van der Waals surface area (Å²) in [6.07, 6.45) is 10.9. The predicted octanol–water partition coefficient (Wildman–Crippen LogP) is 3.91. The van der Waals surface area contributed by atoms with Crippen molar-refractivity contribution in [2.75, 3.05) is 13.1 Å². The molecule has 9 nitrogen and oxygen atoms in total. The lowest BCUT2D eigenvalue weighted by Crippen LogP contribution is -2.31. The summed E-state index contributed by atoms with van der Waals surface area (Å²) in [5.74, 6) is 0. The number of likely N-dealkylation sites (tertiary alicyclic amines) is 1. The van der Waals surface area contributed by atoms with Gasteiger partial charge in [0.2, 0.25) is 0 Å². The lowest BCUT2D eigenvalue weighted by atomic mass is 10.0. The predicted molar refractivity (Wildman–Crippen MR) is 124 cm³/mol. The maximum Gasteiger partial charge on any atom is 0.179 e. The van der Waals surface area contributed by atoms with E-state index in [-0.39, 0.29) is 6.04 Å². The molecular formula is C24H19N9S. The minimum absolute atomic E-state index is 0.248. The first-order valence-corrected chi connectivity index (χ1v) is 11.6. The summed E-state index contributed by atoms with van der Waals surface area (Å²) in [7, 11) is 0. The fraction of sp³-hybridized carbons (Fsp3) is 0.250. The van der Waals surface area contributed by atoms with Gasteiger partial charge in [0.25, 0.3) is 0 Å². The Balaban J connectivity index is 1.57. The molecular weight excluding hydrogens is 446 g/mol. The van der Waals surface area contributed by atoms with Gasteiger partial charge in [-0.25, -0.2) is 9.50 Å². The number of aromatic nitrogens is 5.